The molecule has 0 atom stereocenters. The smallest absolute Gasteiger partial charge is 0.0542 e. The van der Waals surface area contributed by atoms with Crippen molar-refractivity contribution in [3.8, 4) is 11.1 Å². The van der Waals surface area contributed by atoms with Gasteiger partial charge in [0.25, 0.3) is 0 Å². The van der Waals surface area contributed by atoms with Crippen LogP contribution in [0.4, 0.5) is 0 Å². The summed E-state index contributed by atoms with van der Waals surface area (Å²) in [5, 5.41) is 5.52. The molecule has 0 aliphatic carbocycles. The molecular formula is C31H28S2. The summed E-state index contributed by atoms with van der Waals surface area (Å²) in [6, 6.07) is 27.7. The Balaban J connectivity index is 1.44. The molecule has 164 valence electrons. The van der Waals surface area contributed by atoms with E-state index in [4.69, 9.17) is 0 Å². The molecule has 6 rings (SSSR count). The van der Waals surface area contributed by atoms with Gasteiger partial charge in [-0.05, 0) is 77.6 Å². The Morgan fingerprint density at radius 2 is 1.36 bits per heavy atom. The third kappa shape index (κ3) is 3.86. The van der Waals surface area contributed by atoms with Crippen LogP contribution in [0.3, 0.4) is 0 Å². The SMILES string of the molecule is CCCCCCc1ccc2sc3c4cc5cc(-c6ccc(C)cc6)ccc5cc4sc3c2c1. The molecule has 0 bridgehead atoms. The Morgan fingerprint density at radius 1 is 0.606 bits per heavy atom. The lowest BCUT2D eigenvalue weighted by Gasteiger charge is -2.05. The first kappa shape index (κ1) is 20.9. The molecule has 2 aromatic heterocycles. The summed E-state index contributed by atoms with van der Waals surface area (Å²) in [6.45, 7) is 4.42. The molecule has 0 saturated carbocycles. The average Bonchev–Trinajstić information content (AvgIpc) is 3.36. The number of benzene rings is 4. The summed E-state index contributed by atoms with van der Waals surface area (Å²) in [5.41, 5.74) is 5.36. The highest BCUT2D eigenvalue weighted by atomic mass is 32.1. The molecule has 0 nitrogen and oxygen atoms in total. The van der Waals surface area contributed by atoms with Gasteiger partial charge >= 0.3 is 0 Å². The van der Waals surface area contributed by atoms with E-state index >= 15 is 0 Å². The van der Waals surface area contributed by atoms with Crippen molar-refractivity contribution in [2.45, 2.75) is 46.0 Å². The van der Waals surface area contributed by atoms with Gasteiger partial charge in [-0.3, -0.25) is 0 Å². The maximum atomic E-state index is 2.46. The van der Waals surface area contributed by atoms with E-state index in [1.54, 1.807) is 0 Å². The van der Waals surface area contributed by atoms with Crippen molar-refractivity contribution < 1.29 is 0 Å². The largest absolute Gasteiger partial charge is 0.134 e. The summed E-state index contributed by atoms with van der Waals surface area (Å²) in [7, 11) is 0. The molecule has 6 aromatic rings. The lowest BCUT2D eigenvalue weighted by atomic mass is 10.00. The Bertz CT molecular complexity index is 1600. The number of hydrogen-bond donors (Lipinski definition) is 0. The highest BCUT2D eigenvalue weighted by Crippen LogP contribution is 2.45. The summed E-state index contributed by atoms with van der Waals surface area (Å²) >= 11 is 3.93. The highest BCUT2D eigenvalue weighted by molar-refractivity contribution is 7.36. The zero-order valence-corrected chi connectivity index (χ0v) is 20.9. The van der Waals surface area contributed by atoms with Crippen molar-refractivity contribution in [1.82, 2.24) is 0 Å². The first-order valence-electron chi connectivity index (χ1n) is 12.1. The van der Waals surface area contributed by atoms with Gasteiger partial charge in [0, 0.05) is 20.2 Å². The Labute approximate surface area is 203 Å². The normalized spacial score (nSPS) is 11.9. The third-order valence-electron chi connectivity index (χ3n) is 6.81. The van der Waals surface area contributed by atoms with Gasteiger partial charge in [-0.25, -0.2) is 0 Å². The number of thiophene rings is 2. The monoisotopic (exact) mass is 464 g/mol. The van der Waals surface area contributed by atoms with Gasteiger partial charge in [0.2, 0.25) is 0 Å². The molecule has 4 aromatic carbocycles. The standard InChI is InChI=1S/C31H28S2/c1-3-4-5-6-7-21-10-15-28-26(16-21)30-31(32-28)27-18-25-17-23(22-11-8-20(2)9-12-22)13-14-24(25)19-29(27)33-30/h8-19H,3-7H2,1-2H3. The number of fused-ring (bicyclic) bond motifs is 6. The molecule has 0 spiro atoms. The van der Waals surface area contributed by atoms with Gasteiger partial charge in [0.05, 0.1) is 9.40 Å². The second-order valence-corrected chi connectivity index (χ2v) is 11.4. The van der Waals surface area contributed by atoms with E-state index in [1.807, 2.05) is 22.7 Å². The number of rotatable bonds is 6. The summed E-state index contributed by atoms with van der Waals surface area (Å²) in [6.07, 6.45) is 6.48. The van der Waals surface area contributed by atoms with E-state index in [-0.39, 0.29) is 0 Å². The average molecular weight is 465 g/mol. The number of unbranched alkanes of at least 4 members (excludes halogenated alkanes) is 3. The Hall–Kier alpha value is -2.68. The molecule has 0 aliphatic heterocycles. The molecule has 0 N–H and O–H groups in total. The van der Waals surface area contributed by atoms with Crippen LogP contribution in [0.5, 0.6) is 0 Å². The molecular weight excluding hydrogens is 436 g/mol. The first-order valence-corrected chi connectivity index (χ1v) is 13.7. The van der Waals surface area contributed by atoms with Gasteiger partial charge in [0.15, 0.2) is 0 Å². The second kappa shape index (κ2) is 8.59. The maximum absolute atomic E-state index is 2.46. The van der Waals surface area contributed by atoms with Crippen LogP contribution in [0.2, 0.25) is 0 Å². The molecule has 0 saturated heterocycles. The summed E-state index contributed by atoms with van der Waals surface area (Å²) in [5.74, 6) is 0. The number of aryl methyl sites for hydroxylation is 2. The van der Waals surface area contributed by atoms with Crippen LogP contribution in [0.1, 0.15) is 43.7 Å². The van der Waals surface area contributed by atoms with E-state index in [2.05, 4.69) is 86.6 Å². The van der Waals surface area contributed by atoms with Gasteiger partial charge in [-0.15, -0.1) is 22.7 Å². The minimum Gasteiger partial charge on any atom is -0.134 e. The molecule has 2 heteroatoms. The number of hydrogen-bond acceptors (Lipinski definition) is 2. The molecule has 0 amide bonds. The molecule has 2 heterocycles. The van der Waals surface area contributed by atoms with E-state index < -0.39 is 0 Å². The zero-order chi connectivity index (χ0) is 22.4. The highest BCUT2D eigenvalue weighted by Gasteiger charge is 2.14. The molecule has 0 aliphatic rings. The van der Waals surface area contributed by atoms with Crippen LogP contribution in [-0.2, 0) is 6.42 Å². The van der Waals surface area contributed by atoms with Gasteiger partial charge in [-0.2, -0.15) is 0 Å². The predicted molar refractivity (Wildman–Crippen MR) is 150 cm³/mol. The van der Waals surface area contributed by atoms with Crippen LogP contribution >= 0.6 is 22.7 Å². The van der Waals surface area contributed by atoms with Gasteiger partial charge in [-0.1, -0.05) is 74.2 Å². The molecule has 33 heavy (non-hydrogen) atoms. The van der Waals surface area contributed by atoms with E-state index in [1.165, 1.54) is 94.7 Å². The fourth-order valence-corrected chi connectivity index (χ4v) is 7.53. The fourth-order valence-electron chi connectivity index (χ4n) is 4.89. The van der Waals surface area contributed by atoms with Crippen molar-refractivity contribution in [2.24, 2.45) is 0 Å². The second-order valence-electron chi connectivity index (χ2n) is 9.28. The molecule has 0 radical (unpaired) electrons. The lowest BCUT2D eigenvalue weighted by Crippen LogP contribution is -1.85. The fraction of sp³-hybridized carbons (Fsp3) is 0.226. The van der Waals surface area contributed by atoms with Crippen molar-refractivity contribution in [3.05, 3.63) is 83.9 Å². The van der Waals surface area contributed by atoms with Crippen molar-refractivity contribution in [1.29, 1.82) is 0 Å². The summed E-state index contributed by atoms with van der Waals surface area (Å²) < 4.78 is 5.75. The van der Waals surface area contributed by atoms with Gasteiger partial charge in [0.1, 0.15) is 0 Å². The minimum atomic E-state index is 1.20. The van der Waals surface area contributed by atoms with Crippen molar-refractivity contribution in [3.63, 3.8) is 0 Å². The van der Waals surface area contributed by atoms with Crippen molar-refractivity contribution in [2.75, 3.05) is 0 Å². The van der Waals surface area contributed by atoms with Crippen LogP contribution in [-0.4, -0.2) is 0 Å². The van der Waals surface area contributed by atoms with Crippen LogP contribution in [0.15, 0.2) is 72.8 Å². The topological polar surface area (TPSA) is 0 Å². The third-order valence-corrected chi connectivity index (χ3v) is 9.33. The maximum Gasteiger partial charge on any atom is 0.0542 e. The van der Waals surface area contributed by atoms with E-state index in [9.17, 15) is 0 Å². The Kier molecular flexibility index (Phi) is 5.44. The van der Waals surface area contributed by atoms with Crippen LogP contribution < -0.4 is 0 Å². The molecule has 0 fully saturated rings. The lowest BCUT2D eigenvalue weighted by molar-refractivity contribution is 0.667. The van der Waals surface area contributed by atoms with E-state index in [0.29, 0.717) is 0 Å². The predicted octanol–water partition coefficient (Wildman–Crippen LogP) is 10.5. The van der Waals surface area contributed by atoms with Gasteiger partial charge < -0.3 is 0 Å². The zero-order valence-electron chi connectivity index (χ0n) is 19.3. The summed E-state index contributed by atoms with van der Waals surface area (Å²) in [4.78, 5) is 0. The molecule has 0 unspecified atom stereocenters. The quantitative estimate of drug-likeness (QED) is 0.215. The first-order chi connectivity index (χ1) is 16.2. The van der Waals surface area contributed by atoms with Crippen LogP contribution in [0.25, 0.3) is 51.5 Å². The minimum absolute atomic E-state index is 1.20. The van der Waals surface area contributed by atoms with E-state index in [0.717, 1.165) is 0 Å². The van der Waals surface area contributed by atoms with Crippen molar-refractivity contribution >= 4 is 63.0 Å². The van der Waals surface area contributed by atoms with Crippen LogP contribution in [0, 0.1) is 6.92 Å². The Morgan fingerprint density at radius 3 is 2.18 bits per heavy atom.